The van der Waals surface area contributed by atoms with Crippen LogP contribution in [0.5, 0.6) is 0 Å². The van der Waals surface area contributed by atoms with E-state index in [1.165, 1.54) is 0 Å². The molecule has 138 valence electrons. The van der Waals surface area contributed by atoms with Crippen molar-refractivity contribution >= 4 is 22.8 Å². The van der Waals surface area contributed by atoms with Crippen molar-refractivity contribution < 1.29 is 19.4 Å². The zero-order valence-electron chi connectivity index (χ0n) is 15.3. The van der Waals surface area contributed by atoms with Crippen LogP contribution < -0.4 is 0 Å². The van der Waals surface area contributed by atoms with E-state index in [0.717, 1.165) is 16.6 Å². The Kier molecular flexibility index (Phi) is 5.23. The first-order valence-corrected chi connectivity index (χ1v) is 8.86. The summed E-state index contributed by atoms with van der Waals surface area (Å²) in [7, 11) is 1.59. The summed E-state index contributed by atoms with van der Waals surface area (Å²) in [5, 5.41) is 9.99. The third kappa shape index (κ3) is 3.55. The van der Waals surface area contributed by atoms with Crippen LogP contribution in [0.4, 0.5) is 0 Å². The fourth-order valence-corrected chi connectivity index (χ4v) is 3.51. The van der Waals surface area contributed by atoms with Gasteiger partial charge in [0.15, 0.2) is 0 Å². The van der Waals surface area contributed by atoms with E-state index in [1.807, 2.05) is 44.2 Å². The zero-order valence-corrected chi connectivity index (χ0v) is 15.3. The molecule has 1 amide bonds. The number of carboxylic acid groups (broad SMARTS) is 1. The summed E-state index contributed by atoms with van der Waals surface area (Å²) in [5.74, 6) is -0.880. The number of ether oxygens (including phenoxy) is 1. The predicted molar refractivity (Wildman–Crippen MR) is 98.3 cm³/mol. The van der Waals surface area contributed by atoms with Gasteiger partial charge in [-0.2, -0.15) is 0 Å². The third-order valence-corrected chi connectivity index (χ3v) is 4.94. The topological polar surface area (TPSA) is 79.7 Å². The quantitative estimate of drug-likeness (QED) is 0.891. The first kappa shape index (κ1) is 18.3. The molecule has 2 unspecified atom stereocenters. The van der Waals surface area contributed by atoms with Gasteiger partial charge in [-0.15, -0.1) is 0 Å². The fraction of sp³-hybridized carbons (Fsp3) is 0.450. The van der Waals surface area contributed by atoms with E-state index < -0.39 is 5.97 Å². The standard InChI is InChI=1S/C20H24N2O4/c1-12(2)18-10-16(15-6-4-5-7-17(15)21-18)20(25)22-11-14(26-3)8-13(22)9-19(23)24/h4-7,10,12-14H,8-9,11H2,1-3H3,(H,23,24). The van der Waals surface area contributed by atoms with Gasteiger partial charge in [0.25, 0.3) is 5.91 Å². The normalized spacial score (nSPS) is 20.1. The third-order valence-electron chi connectivity index (χ3n) is 4.94. The predicted octanol–water partition coefficient (Wildman–Crippen LogP) is 3.06. The summed E-state index contributed by atoms with van der Waals surface area (Å²) >= 11 is 0. The molecule has 0 radical (unpaired) electrons. The van der Waals surface area contributed by atoms with Gasteiger partial charge in [-0.3, -0.25) is 14.6 Å². The Hall–Kier alpha value is -2.47. The highest BCUT2D eigenvalue weighted by Gasteiger charge is 2.37. The second kappa shape index (κ2) is 7.41. The van der Waals surface area contributed by atoms with Crippen LogP contribution >= 0.6 is 0 Å². The van der Waals surface area contributed by atoms with E-state index >= 15 is 0 Å². The van der Waals surface area contributed by atoms with Crippen LogP contribution in [-0.4, -0.2) is 52.7 Å². The van der Waals surface area contributed by atoms with Gasteiger partial charge in [0.2, 0.25) is 0 Å². The van der Waals surface area contributed by atoms with Crippen LogP contribution in [0.25, 0.3) is 10.9 Å². The highest BCUT2D eigenvalue weighted by Crippen LogP contribution is 2.28. The van der Waals surface area contributed by atoms with Crippen LogP contribution in [-0.2, 0) is 9.53 Å². The van der Waals surface area contributed by atoms with E-state index in [4.69, 9.17) is 4.74 Å². The van der Waals surface area contributed by atoms with E-state index in [9.17, 15) is 14.7 Å². The number of nitrogens with zero attached hydrogens (tertiary/aromatic N) is 2. The molecule has 1 aliphatic heterocycles. The van der Waals surface area contributed by atoms with Gasteiger partial charge < -0.3 is 14.7 Å². The lowest BCUT2D eigenvalue weighted by Gasteiger charge is -2.24. The van der Waals surface area contributed by atoms with Crippen molar-refractivity contribution in [3.63, 3.8) is 0 Å². The molecule has 1 fully saturated rings. The molecular weight excluding hydrogens is 332 g/mol. The summed E-state index contributed by atoms with van der Waals surface area (Å²) in [6, 6.07) is 9.04. The number of rotatable bonds is 5. The summed E-state index contributed by atoms with van der Waals surface area (Å²) < 4.78 is 5.39. The summed E-state index contributed by atoms with van der Waals surface area (Å²) in [4.78, 5) is 30.9. The largest absolute Gasteiger partial charge is 0.481 e. The average molecular weight is 356 g/mol. The number of methoxy groups -OCH3 is 1. The van der Waals surface area contributed by atoms with Crippen molar-refractivity contribution in [2.24, 2.45) is 0 Å². The smallest absolute Gasteiger partial charge is 0.305 e. The molecule has 0 saturated carbocycles. The number of benzene rings is 1. The number of carbonyl (C=O) groups is 2. The monoisotopic (exact) mass is 356 g/mol. The number of aliphatic carboxylic acids is 1. The van der Waals surface area contributed by atoms with Crippen LogP contribution in [0.3, 0.4) is 0 Å². The van der Waals surface area contributed by atoms with Crippen molar-refractivity contribution in [1.29, 1.82) is 0 Å². The van der Waals surface area contributed by atoms with Gasteiger partial charge in [-0.05, 0) is 24.5 Å². The molecule has 6 nitrogen and oxygen atoms in total. The summed E-state index contributed by atoms with van der Waals surface area (Å²) in [5.41, 5.74) is 2.20. The Morgan fingerprint density at radius 2 is 2.08 bits per heavy atom. The molecule has 1 aliphatic rings. The number of carboxylic acids is 1. The first-order valence-electron chi connectivity index (χ1n) is 8.86. The molecule has 1 saturated heterocycles. The second-order valence-corrected chi connectivity index (χ2v) is 7.07. The Morgan fingerprint density at radius 1 is 1.35 bits per heavy atom. The van der Waals surface area contributed by atoms with Crippen LogP contribution in [0, 0.1) is 0 Å². The lowest BCUT2D eigenvalue weighted by Crippen LogP contribution is -2.37. The number of para-hydroxylation sites is 1. The van der Waals surface area contributed by atoms with Gasteiger partial charge >= 0.3 is 5.97 Å². The maximum Gasteiger partial charge on any atom is 0.305 e. The van der Waals surface area contributed by atoms with Gasteiger partial charge in [0.05, 0.1) is 23.6 Å². The van der Waals surface area contributed by atoms with Crippen LogP contribution in [0.15, 0.2) is 30.3 Å². The Morgan fingerprint density at radius 3 is 2.73 bits per heavy atom. The molecule has 0 aliphatic carbocycles. The number of pyridine rings is 1. The van der Waals surface area contributed by atoms with Crippen molar-refractivity contribution in [3.8, 4) is 0 Å². The molecule has 0 bridgehead atoms. The van der Waals surface area contributed by atoms with Crippen molar-refractivity contribution in [1.82, 2.24) is 9.88 Å². The van der Waals surface area contributed by atoms with Crippen LogP contribution in [0.2, 0.25) is 0 Å². The van der Waals surface area contributed by atoms with Gasteiger partial charge in [-0.1, -0.05) is 32.0 Å². The van der Waals surface area contributed by atoms with Crippen molar-refractivity contribution in [2.45, 2.75) is 44.8 Å². The van der Waals surface area contributed by atoms with E-state index in [2.05, 4.69) is 4.98 Å². The number of hydrogen-bond donors (Lipinski definition) is 1. The summed E-state index contributed by atoms with van der Waals surface area (Å²) in [6.45, 7) is 4.48. The molecule has 26 heavy (non-hydrogen) atoms. The molecule has 2 heterocycles. The first-order chi connectivity index (χ1) is 12.4. The molecule has 3 rings (SSSR count). The average Bonchev–Trinajstić information content (AvgIpc) is 3.02. The Labute approximate surface area is 152 Å². The fourth-order valence-electron chi connectivity index (χ4n) is 3.51. The van der Waals surface area contributed by atoms with Gasteiger partial charge in [0, 0.05) is 30.8 Å². The number of amides is 1. The van der Waals surface area contributed by atoms with Crippen molar-refractivity contribution in [2.75, 3.05) is 13.7 Å². The van der Waals surface area contributed by atoms with Crippen LogP contribution in [0.1, 0.15) is 48.7 Å². The molecule has 1 aromatic heterocycles. The number of likely N-dealkylation sites (tertiary alicyclic amines) is 1. The molecule has 6 heteroatoms. The second-order valence-electron chi connectivity index (χ2n) is 7.07. The summed E-state index contributed by atoms with van der Waals surface area (Å²) in [6.07, 6.45) is 0.321. The van der Waals surface area contributed by atoms with Gasteiger partial charge in [0.1, 0.15) is 0 Å². The van der Waals surface area contributed by atoms with Gasteiger partial charge in [-0.25, -0.2) is 0 Å². The van der Waals surface area contributed by atoms with Crippen molar-refractivity contribution in [3.05, 3.63) is 41.6 Å². The Balaban J connectivity index is 2.04. The lowest BCUT2D eigenvalue weighted by atomic mass is 10.0. The number of fused-ring (bicyclic) bond motifs is 1. The lowest BCUT2D eigenvalue weighted by molar-refractivity contribution is -0.137. The molecule has 2 aromatic rings. The minimum absolute atomic E-state index is 0.0777. The number of hydrogen-bond acceptors (Lipinski definition) is 4. The maximum absolute atomic E-state index is 13.3. The zero-order chi connectivity index (χ0) is 18.8. The molecule has 1 aromatic carbocycles. The molecule has 1 N–H and O–H groups in total. The highest BCUT2D eigenvalue weighted by molar-refractivity contribution is 6.06. The number of aromatic nitrogens is 1. The van der Waals surface area contributed by atoms with E-state index in [-0.39, 0.29) is 30.4 Å². The van der Waals surface area contributed by atoms with E-state index in [1.54, 1.807) is 12.0 Å². The molecule has 0 spiro atoms. The maximum atomic E-state index is 13.3. The molecule has 2 atom stereocenters. The SMILES string of the molecule is COC1CC(CC(=O)O)N(C(=O)c2cc(C(C)C)nc3ccccc23)C1. The Bertz CT molecular complexity index is 834. The number of carbonyl (C=O) groups excluding carboxylic acids is 1. The minimum Gasteiger partial charge on any atom is -0.481 e. The van der Waals surface area contributed by atoms with E-state index in [0.29, 0.717) is 18.5 Å². The molecular formula is C20H24N2O4. The highest BCUT2D eigenvalue weighted by atomic mass is 16.5. The minimum atomic E-state index is -0.910.